The van der Waals surface area contributed by atoms with E-state index < -0.39 is 0 Å². The highest BCUT2D eigenvalue weighted by Crippen LogP contribution is 2.25. The van der Waals surface area contributed by atoms with Crippen molar-refractivity contribution in [3.63, 3.8) is 0 Å². The van der Waals surface area contributed by atoms with Gasteiger partial charge in [-0.1, -0.05) is 6.92 Å². The number of ether oxygens (including phenoxy) is 2. The van der Waals surface area contributed by atoms with E-state index in [0.717, 1.165) is 0 Å². The summed E-state index contributed by atoms with van der Waals surface area (Å²) in [5.41, 5.74) is 0.0635. The number of hydrogen-bond acceptors (Lipinski definition) is 4. The Kier molecular flexibility index (Phi) is 4.42. The van der Waals surface area contributed by atoms with Gasteiger partial charge in [-0.2, -0.15) is 0 Å². The Balaban J connectivity index is 1.75. The molecule has 0 saturated carbocycles. The Morgan fingerprint density at radius 2 is 2.32 bits per heavy atom. The number of nitrogens with zero attached hydrogens (tertiary/aromatic N) is 1. The molecule has 0 aromatic heterocycles. The lowest BCUT2D eigenvalue weighted by Gasteiger charge is -2.38. The second-order valence-electron chi connectivity index (χ2n) is 5.75. The lowest BCUT2D eigenvalue weighted by molar-refractivity contribution is -0.131. The molecule has 0 spiro atoms. The smallest absolute Gasteiger partial charge is 0.225 e. The molecule has 6 heteroatoms. The molecule has 1 unspecified atom stereocenters. The van der Waals surface area contributed by atoms with Crippen LogP contribution < -0.4 is 5.32 Å². The Bertz CT molecular complexity index is 355. The first kappa shape index (κ1) is 14.3. The van der Waals surface area contributed by atoms with Crippen molar-refractivity contribution in [2.24, 2.45) is 11.3 Å². The largest absolute Gasteiger partial charge is 0.383 e. The number of methoxy groups -OCH3 is 1. The molecule has 0 radical (unpaired) electrons. The predicted octanol–water partition coefficient (Wildman–Crippen LogP) is -0.366. The number of amides is 2. The molecule has 2 aliphatic heterocycles. The maximum atomic E-state index is 12.0. The minimum absolute atomic E-state index is 0.0265. The van der Waals surface area contributed by atoms with E-state index >= 15 is 0 Å². The van der Waals surface area contributed by atoms with Gasteiger partial charge >= 0.3 is 0 Å². The summed E-state index contributed by atoms with van der Waals surface area (Å²) in [5.74, 6) is -0.217. The van der Waals surface area contributed by atoms with Crippen molar-refractivity contribution >= 4 is 11.8 Å². The molecule has 1 N–H and O–H groups in total. The summed E-state index contributed by atoms with van der Waals surface area (Å²) in [7, 11) is 1.60. The summed E-state index contributed by atoms with van der Waals surface area (Å²) in [5, 5.41) is 2.94. The minimum Gasteiger partial charge on any atom is -0.383 e. The van der Waals surface area contributed by atoms with Crippen LogP contribution >= 0.6 is 0 Å². The van der Waals surface area contributed by atoms with E-state index in [1.165, 1.54) is 0 Å². The maximum Gasteiger partial charge on any atom is 0.225 e. The first-order valence-electron chi connectivity index (χ1n) is 6.66. The van der Waals surface area contributed by atoms with Gasteiger partial charge in [0.1, 0.15) is 0 Å². The fourth-order valence-corrected chi connectivity index (χ4v) is 2.36. The lowest BCUT2D eigenvalue weighted by Crippen LogP contribution is -2.49. The van der Waals surface area contributed by atoms with Gasteiger partial charge in [-0.05, 0) is 0 Å². The zero-order chi connectivity index (χ0) is 13.9. The monoisotopic (exact) mass is 270 g/mol. The third-order valence-electron chi connectivity index (χ3n) is 3.74. The van der Waals surface area contributed by atoms with Crippen molar-refractivity contribution in [2.75, 3.05) is 46.6 Å². The molecule has 0 bridgehead atoms. The molecule has 2 heterocycles. The van der Waals surface area contributed by atoms with Gasteiger partial charge in [-0.15, -0.1) is 0 Å². The summed E-state index contributed by atoms with van der Waals surface area (Å²) in [4.78, 5) is 25.5. The molecule has 108 valence electrons. The molecule has 2 saturated heterocycles. The number of carbonyl (C=O) groups excluding carboxylic acids is 2. The van der Waals surface area contributed by atoms with Gasteiger partial charge in [0.05, 0.1) is 25.7 Å². The zero-order valence-corrected chi connectivity index (χ0v) is 11.6. The molecule has 0 aromatic carbocycles. The van der Waals surface area contributed by atoms with Crippen LogP contribution in [0, 0.1) is 11.3 Å². The molecular weight excluding hydrogens is 248 g/mol. The van der Waals surface area contributed by atoms with Gasteiger partial charge in [0.25, 0.3) is 0 Å². The van der Waals surface area contributed by atoms with Crippen LogP contribution in [0.25, 0.3) is 0 Å². The lowest BCUT2D eigenvalue weighted by atomic mass is 9.88. The Hall–Kier alpha value is -1.14. The van der Waals surface area contributed by atoms with Crippen LogP contribution in [0.1, 0.15) is 13.3 Å². The molecule has 1 atom stereocenters. The van der Waals surface area contributed by atoms with Crippen molar-refractivity contribution in [1.29, 1.82) is 0 Å². The second kappa shape index (κ2) is 5.88. The van der Waals surface area contributed by atoms with Crippen molar-refractivity contribution in [3.05, 3.63) is 0 Å². The zero-order valence-electron chi connectivity index (χ0n) is 11.6. The summed E-state index contributed by atoms with van der Waals surface area (Å²) in [6.07, 6.45) is 0.308. The molecule has 6 nitrogen and oxygen atoms in total. The fraction of sp³-hybridized carbons (Fsp3) is 0.846. The van der Waals surface area contributed by atoms with Gasteiger partial charge in [0, 0.05) is 38.6 Å². The summed E-state index contributed by atoms with van der Waals surface area (Å²) in [6.45, 7) is 5.66. The van der Waals surface area contributed by atoms with Crippen molar-refractivity contribution in [1.82, 2.24) is 10.2 Å². The van der Waals surface area contributed by atoms with Crippen LogP contribution in [0.3, 0.4) is 0 Å². The van der Waals surface area contributed by atoms with Gasteiger partial charge in [-0.3, -0.25) is 9.59 Å². The number of rotatable bonds is 6. The van der Waals surface area contributed by atoms with Gasteiger partial charge in [0.2, 0.25) is 11.8 Å². The van der Waals surface area contributed by atoms with Crippen LogP contribution in [0.5, 0.6) is 0 Å². The molecule has 2 rings (SSSR count). The SMILES string of the molecule is COCCN1CC(C(=O)NCC2(C)COC2)CC1=O. The van der Waals surface area contributed by atoms with Gasteiger partial charge in [-0.25, -0.2) is 0 Å². The highest BCUT2D eigenvalue weighted by molar-refractivity contribution is 5.89. The van der Waals surface area contributed by atoms with Crippen LogP contribution in [0.15, 0.2) is 0 Å². The normalized spacial score (nSPS) is 25.3. The molecule has 0 aromatic rings. The first-order chi connectivity index (χ1) is 9.04. The Labute approximate surface area is 113 Å². The van der Waals surface area contributed by atoms with E-state index in [4.69, 9.17) is 9.47 Å². The van der Waals surface area contributed by atoms with E-state index in [0.29, 0.717) is 45.9 Å². The minimum atomic E-state index is -0.228. The highest BCUT2D eigenvalue weighted by atomic mass is 16.5. The predicted molar refractivity (Wildman–Crippen MR) is 68.5 cm³/mol. The van der Waals surface area contributed by atoms with Gasteiger partial charge in [0.15, 0.2) is 0 Å². The summed E-state index contributed by atoms with van der Waals surface area (Å²) < 4.78 is 10.1. The molecule has 19 heavy (non-hydrogen) atoms. The Morgan fingerprint density at radius 3 is 2.89 bits per heavy atom. The summed E-state index contributed by atoms with van der Waals surface area (Å²) >= 11 is 0. The van der Waals surface area contributed by atoms with Crippen LogP contribution in [0.2, 0.25) is 0 Å². The standard InChI is InChI=1S/C13H22N2O4/c1-13(8-19-9-13)7-14-12(17)10-5-11(16)15(6-10)3-4-18-2/h10H,3-9H2,1-2H3,(H,14,17). The number of carbonyl (C=O) groups is 2. The van der Waals surface area contributed by atoms with E-state index in [1.54, 1.807) is 12.0 Å². The van der Waals surface area contributed by atoms with E-state index in [2.05, 4.69) is 12.2 Å². The van der Waals surface area contributed by atoms with E-state index in [1.807, 2.05) is 0 Å². The topological polar surface area (TPSA) is 67.9 Å². The average Bonchev–Trinajstić information content (AvgIpc) is 2.72. The quantitative estimate of drug-likeness (QED) is 0.715. The second-order valence-corrected chi connectivity index (χ2v) is 5.75. The molecule has 2 fully saturated rings. The summed E-state index contributed by atoms with van der Waals surface area (Å²) in [6, 6.07) is 0. The molecule has 2 amide bonds. The van der Waals surface area contributed by atoms with E-state index in [-0.39, 0.29) is 23.1 Å². The number of nitrogens with one attached hydrogen (secondary N) is 1. The molecule has 2 aliphatic rings. The number of likely N-dealkylation sites (tertiary alicyclic amines) is 1. The molecule has 0 aliphatic carbocycles. The highest BCUT2D eigenvalue weighted by Gasteiger charge is 2.37. The van der Waals surface area contributed by atoms with Crippen LogP contribution in [-0.2, 0) is 19.1 Å². The van der Waals surface area contributed by atoms with Crippen molar-refractivity contribution in [2.45, 2.75) is 13.3 Å². The van der Waals surface area contributed by atoms with Crippen LogP contribution in [-0.4, -0.2) is 63.3 Å². The number of hydrogen-bond donors (Lipinski definition) is 1. The van der Waals surface area contributed by atoms with Crippen LogP contribution in [0.4, 0.5) is 0 Å². The van der Waals surface area contributed by atoms with E-state index in [9.17, 15) is 9.59 Å². The van der Waals surface area contributed by atoms with Gasteiger partial charge < -0.3 is 19.7 Å². The average molecular weight is 270 g/mol. The maximum absolute atomic E-state index is 12.0. The third kappa shape index (κ3) is 3.45. The van der Waals surface area contributed by atoms with Crippen molar-refractivity contribution in [3.8, 4) is 0 Å². The Morgan fingerprint density at radius 1 is 1.58 bits per heavy atom. The first-order valence-corrected chi connectivity index (χ1v) is 6.66. The third-order valence-corrected chi connectivity index (χ3v) is 3.74. The molecular formula is C13H22N2O4. The fourth-order valence-electron chi connectivity index (χ4n) is 2.36. The van der Waals surface area contributed by atoms with Crippen molar-refractivity contribution < 1.29 is 19.1 Å².